The second-order valence-corrected chi connectivity index (χ2v) is 14.0. The molecule has 0 aliphatic heterocycles. The van der Waals surface area contributed by atoms with E-state index in [2.05, 4.69) is 43.9 Å². The predicted octanol–water partition coefficient (Wildman–Crippen LogP) is 7.46. The number of nitrogens with one attached hydrogen (secondary N) is 4. The van der Waals surface area contributed by atoms with E-state index in [1.807, 2.05) is 38.1 Å². The summed E-state index contributed by atoms with van der Waals surface area (Å²) in [6.45, 7) is 4.01. The average Bonchev–Trinajstić information content (AvgIpc) is 3.07. The predicted molar refractivity (Wildman–Crippen MR) is 204 cm³/mol. The quantitative estimate of drug-likeness (QED) is 0.0458. The van der Waals surface area contributed by atoms with Crippen LogP contribution in [0.5, 0.6) is 0 Å². The van der Waals surface area contributed by atoms with E-state index >= 15 is 0 Å². The summed E-state index contributed by atoms with van der Waals surface area (Å²) in [6.07, 6.45) is 7.15. The topological polar surface area (TPSA) is 133 Å². The van der Waals surface area contributed by atoms with Crippen molar-refractivity contribution in [2.24, 2.45) is 5.92 Å². The number of hydrogen-bond donors (Lipinski definition) is 4. The van der Waals surface area contributed by atoms with Crippen LogP contribution in [-0.2, 0) is 14.4 Å². The molecule has 0 fully saturated rings. The number of allylic oxidation sites excluding steroid dienone is 1. The summed E-state index contributed by atoms with van der Waals surface area (Å²) in [5.41, 5.74) is 2.26. The first-order chi connectivity index (χ1) is 23.4. The van der Waals surface area contributed by atoms with Gasteiger partial charge in [-0.1, -0.05) is 68.1 Å². The fourth-order valence-corrected chi connectivity index (χ4v) is 5.49. The lowest BCUT2D eigenvalue weighted by molar-refractivity contribution is -0.128. The molecule has 49 heavy (non-hydrogen) atoms. The number of amides is 4. The number of hydrogen-bond acceptors (Lipinski definition) is 5. The molecule has 0 bridgehead atoms. The van der Waals surface area contributed by atoms with Gasteiger partial charge in [0.2, 0.25) is 17.7 Å². The van der Waals surface area contributed by atoms with Crippen molar-refractivity contribution >= 4 is 87.0 Å². The SMILES string of the molecule is CC(C)C[C@H](NC(=O)CNC(=O)c1cc(Cl)ccc1Cl)C(=O)NCCCCCCC(=O)Nc1ccc(C(=O)/C=C/c2ccc(I)cc2)cc1. The Bertz CT molecular complexity index is 1630. The third-order valence-electron chi connectivity index (χ3n) is 7.32. The van der Waals surface area contributed by atoms with Gasteiger partial charge < -0.3 is 21.3 Å². The fourth-order valence-electron chi connectivity index (χ4n) is 4.76. The molecule has 4 N–H and O–H groups in total. The molecule has 3 aromatic rings. The Morgan fingerprint density at radius 2 is 1.51 bits per heavy atom. The second-order valence-electron chi connectivity index (χ2n) is 11.9. The Hall–Kier alpha value is -3.74. The van der Waals surface area contributed by atoms with Gasteiger partial charge in [-0.25, -0.2) is 0 Å². The first-order valence-corrected chi connectivity index (χ1v) is 17.9. The molecule has 0 aliphatic rings. The highest BCUT2D eigenvalue weighted by Gasteiger charge is 2.22. The van der Waals surface area contributed by atoms with Crippen molar-refractivity contribution in [2.75, 3.05) is 18.4 Å². The van der Waals surface area contributed by atoms with Gasteiger partial charge >= 0.3 is 0 Å². The van der Waals surface area contributed by atoms with Crippen LogP contribution in [0.1, 0.15) is 78.7 Å². The van der Waals surface area contributed by atoms with E-state index < -0.39 is 17.9 Å². The molecule has 0 saturated carbocycles. The number of ketones is 1. The third-order valence-corrected chi connectivity index (χ3v) is 8.61. The minimum atomic E-state index is -0.745. The molecule has 0 radical (unpaired) electrons. The van der Waals surface area contributed by atoms with Crippen LogP contribution >= 0.6 is 45.8 Å². The maximum absolute atomic E-state index is 12.8. The number of anilines is 1. The van der Waals surface area contributed by atoms with Crippen molar-refractivity contribution in [3.63, 3.8) is 0 Å². The van der Waals surface area contributed by atoms with Crippen LogP contribution < -0.4 is 21.3 Å². The smallest absolute Gasteiger partial charge is 0.253 e. The van der Waals surface area contributed by atoms with Crippen molar-refractivity contribution < 1.29 is 24.0 Å². The molecule has 0 unspecified atom stereocenters. The second kappa shape index (κ2) is 20.7. The molecule has 0 aromatic heterocycles. The summed E-state index contributed by atoms with van der Waals surface area (Å²) < 4.78 is 1.13. The van der Waals surface area contributed by atoms with Crippen molar-refractivity contribution in [1.29, 1.82) is 0 Å². The maximum atomic E-state index is 12.8. The Morgan fingerprint density at radius 1 is 0.816 bits per heavy atom. The highest BCUT2D eigenvalue weighted by Crippen LogP contribution is 2.20. The van der Waals surface area contributed by atoms with Crippen molar-refractivity contribution in [3.8, 4) is 0 Å². The van der Waals surface area contributed by atoms with Gasteiger partial charge in [-0.05, 0) is 114 Å². The zero-order chi connectivity index (χ0) is 35.8. The highest BCUT2D eigenvalue weighted by molar-refractivity contribution is 14.1. The average molecular weight is 820 g/mol. The number of carbonyl (C=O) groups is 5. The van der Waals surface area contributed by atoms with Gasteiger partial charge in [0.1, 0.15) is 6.04 Å². The van der Waals surface area contributed by atoms with Crippen LogP contribution in [0.2, 0.25) is 10.0 Å². The van der Waals surface area contributed by atoms with Crippen molar-refractivity contribution in [2.45, 2.75) is 58.4 Å². The van der Waals surface area contributed by atoms with E-state index in [1.165, 1.54) is 18.2 Å². The fraction of sp³-hybridized carbons (Fsp3) is 0.324. The molecule has 12 heteroatoms. The standard InChI is InChI=1S/C37H41Cl2IN4O5/c1-24(2)21-32(44-35(47)23-42-36(48)30-22-27(38)13-18-31(30)39)37(49)41-20-6-4-3-5-7-34(46)43-29-16-11-26(12-17-29)33(45)19-10-25-8-14-28(40)15-9-25/h8-19,22,24,32H,3-7,20-21,23H2,1-2H3,(H,41,49)(H,42,48)(H,43,46)(H,44,47)/b19-10+/t32-/m0/s1. The molecule has 1 atom stereocenters. The summed E-state index contributed by atoms with van der Waals surface area (Å²) in [7, 11) is 0. The van der Waals surface area contributed by atoms with E-state index in [4.69, 9.17) is 23.2 Å². The van der Waals surface area contributed by atoms with E-state index in [0.29, 0.717) is 42.1 Å². The number of carbonyl (C=O) groups excluding carboxylic acids is 5. The number of rotatable bonds is 18. The van der Waals surface area contributed by atoms with Crippen LogP contribution in [0.3, 0.4) is 0 Å². The zero-order valence-electron chi connectivity index (χ0n) is 27.5. The molecule has 9 nitrogen and oxygen atoms in total. The summed E-state index contributed by atoms with van der Waals surface area (Å²) in [5.74, 6) is -1.41. The van der Waals surface area contributed by atoms with Crippen molar-refractivity contribution in [1.82, 2.24) is 16.0 Å². The molecular weight excluding hydrogens is 778 g/mol. The van der Waals surface area contributed by atoms with Crippen LogP contribution in [0.4, 0.5) is 5.69 Å². The Balaban J connectivity index is 1.31. The first-order valence-electron chi connectivity index (χ1n) is 16.1. The van der Waals surface area contributed by atoms with Crippen LogP contribution in [0, 0.1) is 9.49 Å². The summed E-state index contributed by atoms with van der Waals surface area (Å²) in [5, 5.41) is 11.5. The minimum Gasteiger partial charge on any atom is -0.354 e. The molecule has 0 heterocycles. The molecular formula is C37H41Cl2IN4O5. The lowest BCUT2D eigenvalue weighted by Crippen LogP contribution is -2.50. The van der Waals surface area contributed by atoms with E-state index in [1.54, 1.807) is 36.4 Å². The van der Waals surface area contributed by atoms with Crippen LogP contribution in [0.15, 0.2) is 72.8 Å². The molecule has 3 rings (SSSR count). The van der Waals surface area contributed by atoms with E-state index in [-0.39, 0.29) is 40.6 Å². The van der Waals surface area contributed by atoms with Crippen molar-refractivity contribution in [3.05, 3.63) is 103 Å². The molecule has 0 aliphatic carbocycles. The summed E-state index contributed by atoms with van der Waals surface area (Å²) in [6, 6.07) is 18.4. The maximum Gasteiger partial charge on any atom is 0.253 e. The van der Waals surface area contributed by atoms with Gasteiger partial charge in [0.05, 0.1) is 17.1 Å². The molecule has 0 saturated heterocycles. The van der Waals surface area contributed by atoms with Gasteiger partial charge in [-0.15, -0.1) is 0 Å². The third kappa shape index (κ3) is 14.7. The molecule has 3 aromatic carbocycles. The lowest BCUT2D eigenvalue weighted by Gasteiger charge is -2.20. The van der Waals surface area contributed by atoms with Gasteiger partial charge in [-0.2, -0.15) is 0 Å². The zero-order valence-corrected chi connectivity index (χ0v) is 31.2. The molecule has 4 amide bonds. The van der Waals surface area contributed by atoms with Gasteiger partial charge in [-0.3, -0.25) is 24.0 Å². The number of halogens is 3. The lowest BCUT2D eigenvalue weighted by atomic mass is 10.0. The largest absolute Gasteiger partial charge is 0.354 e. The number of benzene rings is 3. The van der Waals surface area contributed by atoms with Crippen LogP contribution in [-0.4, -0.2) is 48.5 Å². The normalized spacial score (nSPS) is 11.6. The summed E-state index contributed by atoms with van der Waals surface area (Å²) >= 11 is 14.2. The van der Waals surface area contributed by atoms with Gasteiger partial charge in [0, 0.05) is 32.8 Å². The monoisotopic (exact) mass is 818 g/mol. The van der Waals surface area contributed by atoms with Gasteiger partial charge in [0.25, 0.3) is 5.91 Å². The Labute approximate surface area is 311 Å². The Morgan fingerprint density at radius 3 is 2.20 bits per heavy atom. The first kappa shape index (κ1) is 39.7. The highest BCUT2D eigenvalue weighted by atomic mass is 127. The van der Waals surface area contributed by atoms with Crippen LogP contribution in [0.25, 0.3) is 6.08 Å². The Kier molecular flexibility index (Phi) is 16.8. The number of unbranched alkanes of at least 4 members (excludes halogenated alkanes) is 3. The molecule has 260 valence electrons. The van der Waals surface area contributed by atoms with E-state index in [0.717, 1.165) is 28.4 Å². The van der Waals surface area contributed by atoms with Gasteiger partial charge in [0.15, 0.2) is 5.78 Å². The van der Waals surface area contributed by atoms with E-state index in [9.17, 15) is 24.0 Å². The summed E-state index contributed by atoms with van der Waals surface area (Å²) in [4.78, 5) is 62.7. The molecule has 0 spiro atoms. The minimum absolute atomic E-state index is 0.106.